The van der Waals surface area contributed by atoms with Gasteiger partial charge in [-0.1, -0.05) is 17.7 Å². The fourth-order valence-electron chi connectivity index (χ4n) is 1.83. The first-order chi connectivity index (χ1) is 10.1. The second kappa shape index (κ2) is 6.99. The van der Waals surface area contributed by atoms with E-state index in [1.165, 1.54) is 0 Å². The number of hydrogen-bond donors (Lipinski definition) is 1. The van der Waals surface area contributed by atoms with Gasteiger partial charge in [0.1, 0.15) is 0 Å². The molecular weight excluding hydrogens is 288 g/mol. The molecule has 0 atom stereocenters. The smallest absolute Gasteiger partial charge is 0.161 e. The van der Waals surface area contributed by atoms with Crippen molar-refractivity contribution >= 4 is 23.0 Å². The summed E-state index contributed by atoms with van der Waals surface area (Å²) in [5.41, 5.74) is 5.59. The molecule has 0 fully saturated rings. The third-order valence-corrected chi connectivity index (χ3v) is 3.21. The number of ether oxygens (including phenoxy) is 2. The number of benzene rings is 2. The van der Waals surface area contributed by atoms with E-state index in [-0.39, 0.29) is 0 Å². The fraction of sp³-hybridized carbons (Fsp3) is 0.188. The van der Waals surface area contributed by atoms with Crippen LogP contribution in [0.3, 0.4) is 0 Å². The van der Waals surface area contributed by atoms with Crippen molar-refractivity contribution in [3.8, 4) is 11.5 Å². The van der Waals surface area contributed by atoms with Gasteiger partial charge < -0.3 is 9.47 Å². The molecular formula is C16H17ClN2O2. The summed E-state index contributed by atoms with van der Waals surface area (Å²) in [4.78, 5) is 0. The van der Waals surface area contributed by atoms with Gasteiger partial charge in [-0.25, -0.2) is 0 Å². The first kappa shape index (κ1) is 15.2. The maximum absolute atomic E-state index is 5.93. The summed E-state index contributed by atoms with van der Waals surface area (Å²) in [6.45, 7) is 1.92. The monoisotopic (exact) mass is 304 g/mol. The van der Waals surface area contributed by atoms with E-state index in [0.717, 1.165) is 17.0 Å². The van der Waals surface area contributed by atoms with Crippen LogP contribution in [-0.2, 0) is 0 Å². The summed E-state index contributed by atoms with van der Waals surface area (Å²) < 4.78 is 10.5. The summed E-state index contributed by atoms with van der Waals surface area (Å²) >= 11 is 5.93. The Balaban J connectivity index is 2.19. The maximum Gasteiger partial charge on any atom is 0.161 e. The average molecular weight is 305 g/mol. The number of hydrazone groups is 1. The zero-order chi connectivity index (χ0) is 15.2. The number of nitrogens with zero attached hydrogens (tertiary/aromatic N) is 1. The molecule has 5 heteroatoms. The third-order valence-electron chi connectivity index (χ3n) is 2.98. The molecule has 0 saturated carbocycles. The van der Waals surface area contributed by atoms with Gasteiger partial charge in [0.05, 0.1) is 25.6 Å². The molecule has 0 aliphatic carbocycles. The van der Waals surface area contributed by atoms with Gasteiger partial charge in [-0.3, -0.25) is 5.43 Å². The first-order valence-corrected chi connectivity index (χ1v) is 6.80. The Morgan fingerprint density at radius 3 is 2.48 bits per heavy atom. The highest BCUT2D eigenvalue weighted by Gasteiger charge is 2.06. The Labute approximate surface area is 129 Å². The molecule has 0 saturated heterocycles. The second-order valence-electron chi connectivity index (χ2n) is 4.39. The zero-order valence-electron chi connectivity index (χ0n) is 12.2. The molecule has 2 aromatic carbocycles. The lowest BCUT2D eigenvalue weighted by atomic mass is 10.1. The lowest BCUT2D eigenvalue weighted by molar-refractivity contribution is 0.355. The molecule has 110 valence electrons. The summed E-state index contributed by atoms with van der Waals surface area (Å²) in [7, 11) is 3.22. The van der Waals surface area contributed by atoms with E-state index < -0.39 is 0 Å². The van der Waals surface area contributed by atoms with Crippen molar-refractivity contribution in [1.82, 2.24) is 0 Å². The number of anilines is 1. The molecule has 0 aliphatic rings. The average Bonchev–Trinajstić information content (AvgIpc) is 2.52. The van der Waals surface area contributed by atoms with E-state index in [1.807, 2.05) is 49.4 Å². The Hall–Kier alpha value is -2.20. The SMILES string of the molecule is COc1ccc(/C(C)=N\Nc2cccc(Cl)c2)cc1OC. The van der Waals surface area contributed by atoms with E-state index in [4.69, 9.17) is 21.1 Å². The third kappa shape index (κ3) is 3.89. The van der Waals surface area contributed by atoms with Crippen LogP contribution in [0.1, 0.15) is 12.5 Å². The predicted octanol–water partition coefficient (Wildman–Crippen LogP) is 4.19. The predicted molar refractivity (Wildman–Crippen MR) is 86.8 cm³/mol. The second-order valence-corrected chi connectivity index (χ2v) is 4.83. The minimum atomic E-state index is 0.666. The van der Waals surface area contributed by atoms with Crippen LogP contribution in [0.4, 0.5) is 5.69 Å². The molecule has 0 amide bonds. The topological polar surface area (TPSA) is 42.8 Å². The van der Waals surface area contributed by atoms with E-state index in [9.17, 15) is 0 Å². The van der Waals surface area contributed by atoms with Gasteiger partial charge in [-0.15, -0.1) is 0 Å². The van der Waals surface area contributed by atoms with Crippen LogP contribution in [0, 0.1) is 0 Å². The van der Waals surface area contributed by atoms with Gasteiger partial charge in [-0.05, 0) is 43.3 Å². The van der Waals surface area contributed by atoms with E-state index in [1.54, 1.807) is 14.2 Å². The van der Waals surface area contributed by atoms with Gasteiger partial charge in [0, 0.05) is 10.6 Å². The minimum Gasteiger partial charge on any atom is -0.493 e. The molecule has 0 spiro atoms. The number of nitrogens with one attached hydrogen (secondary N) is 1. The largest absolute Gasteiger partial charge is 0.493 e. The molecule has 21 heavy (non-hydrogen) atoms. The van der Waals surface area contributed by atoms with Crippen molar-refractivity contribution in [2.75, 3.05) is 19.6 Å². The highest BCUT2D eigenvalue weighted by Crippen LogP contribution is 2.27. The van der Waals surface area contributed by atoms with Crippen molar-refractivity contribution in [3.05, 3.63) is 53.1 Å². The maximum atomic E-state index is 5.93. The van der Waals surface area contributed by atoms with Crippen LogP contribution in [0.15, 0.2) is 47.6 Å². The standard InChI is InChI=1S/C16H17ClN2O2/c1-11(18-19-14-6-4-5-13(17)10-14)12-7-8-15(20-2)16(9-12)21-3/h4-10,19H,1-3H3/b18-11-. The van der Waals surface area contributed by atoms with Crippen molar-refractivity contribution < 1.29 is 9.47 Å². The molecule has 0 radical (unpaired) electrons. The molecule has 0 unspecified atom stereocenters. The van der Waals surface area contributed by atoms with Crippen molar-refractivity contribution in [3.63, 3.8) is 0 Å². The number of rotatable bonds is 5. The molecule has 0 aromatic heterocycles. The molecule has 2 rings (SSSR count). The van der Waals surface area contributed by atoms with Gasteiger partial charge in [-0.2, -0.15) is 5.10 Å². The van der Waals surface area contributed by atoms with Crippen molar-refractivity contribution in [2.24, 2.45) is 5.10 Å². The zero-order valence-corrected chi connectivity index (χ0v) is 12.9. The first-order valence-electron chi connectivity index (χ1n) is 6.42. The van der Waals surface area contributed by atoms with Crippen LogP contribution in [0.25, 0.3) is 0 Å². The van der Waals surface area contributed by atoms with Crippen LogP contribution >= 0.6 is 11.6 Å². The summed E-state index contributed by atoms with van der Waals surface area (Å²) in [6.07, 6.45) is 0. The van der Waals surface area contributed by atoms with Crippen LogP contribution in [0.2, 0.25) is 5.02 Å². The Kier molecular flexibility index (Phi) is 5.06. The lowest BCUT2D eigenvalue weighted by Crippen LogP contribution is -2.01. The summed E-state index contributed by atoms with van der Waals surface area (Å²) in [6, 6.07) is 13.1. The lowest BCUT2D eigenvalue weighted by Gasteiger charge is -2.09. The number of hydrogen-bond acceptors (Lipinski definition) is 4. The Morgan fingerprint density at radius 2 is 1.81 bits per heavy atom. The quantitative estimate of drug-likeness (QED) is 0.665. The van der Waals surface area contributed by atoms with Crippen LogP contribution in [0.5, 0.6) is 11.5 Å². The summed E-state index contributed by atoms with van der Waals surface area (Å²) in [5.74, 6) is 1.36. The summed E-state index contributed by atoms with van der Waals surface area (Å²) in [5, 5.41) is 5.01. The van der Waals surface area contributed by atoms with Crippen molar-refractivity contribution in [2.45, 2.75) is 6.92 Å². The molecule has 1 N–H and O–H groups in total. The fourth-order valence-corrected chi connectivity index (χ4v) is 2.02. The molecule has 0 heterocycles. The molecule has 0 aliphatic heterocycles. The van der Waals surface area contributed by atoms with Gasteiger partial charge in [0.25, 0.3) is 0 Å². The molecule has 4 nitrogen and oxygen atoms in total. The van der Waals surface area contributed by atoms with Gasteiger partial charge in [0.2, 0.25) is 0 Å². The van der Waals surface area contributed by atoms with Crippen LogP contribution in [-0.4, -0.2) is 19.9 Å². The van der Waals surface area contributed by atoms with E-state index in [2.05, 4.69) is 10.5 Å². The van der Waals surface area contributed by atoms with E-state index in [0.29, 0.717) is 16.5 Å². The normalized spacial score (nSPS) is 11.1. The molecule has 0 bridgehead atoms. The van der Waals surface area contributed by atoms with Crippen molar-refractivity contribution in [1.29, 1.82) is 0 Å². The van der Waals surface area contributed by atoms with Crippen LogP contribution < -0.4 is 14.9 Å². The number of methoxy groups -OCH3 is 2. The Bertz CT molecular complexity index is 656. The van der Waals surface area contributed by atoms with Gasteiger partial charge in [0.15, 0.2) is 11.5 Å². The van der Waals surface area contributed by atoms with E-state index >= 15 is 0 Å². The minimum absolute atomic E-state index is 0.666. The molecule has 2 aromatic rings. The Morgan fingerprint density at radius 1 is 1.05 bits per heavy atom. The van der Waals surface area contributed by atoms with Gasteiger partial charge >= 0.3 is 0 Å². The number of halogens is 1. The highest BCUT2D eigenvalue weighted by atomic mass is 35.5. The highest BCUT2D eigenvalue weighted by molar-refractivity contribution is 6.30.